The van der Waals surface area contributed by atoms with Gasteiger partial charge in [0.2, 0.25) is 0 Å². The Morgan fingerprint density at radius 2 is 2.00 bits per heavy atom. The Morgan fingerprint density at radius 1 is 1.28 bits per heavy atom. The quantitative estimate of drug-likeness (QED) is 0.723. The van der Waals surface area contributed by atoms with Crippen molar-refractivity contribution in [3.05, 3.63) is 23.8 Å². The Labute approximate surface area is 113 Å². The largest absolute Gasteiger partial charge is 0.493 e. The highest BCUT2D eigenvalue weighted by atomic mass is 35.5. The summed E-state index contributed by atoms with van der Waals surface area (Å²) in [5.41, 5.74) is 0.919. The van der Waals surface area contributed by atoms with E-state index in [-0.39, 0.29) is 18.1 Å². The number of halogens is 1. The molecule has 1 aromatic carbocycles. The Morgan fingerprint density at radius 3 is 2.56 bits per heavy atom. The van der Waals surface area contributed by atoms with Crippen molar-refractivity contribution in [3.8, 4) is 11.5 Å². The average molecular weight is 293 g/mol. The highest BCUT2D eigenvalue weighted by Gasteiger charge is 2.10. The molecule has 0 aromatic heterocycles. The topological polar surface area (TPSA) is 52.6 Å². The summed E-state index contributed by atoms with van der Waals surface area (Å²) in [6.07, 6.45) is 0. The van der Waals surface area contributed by atoms with Crippen molar-refractivity contribution < 1.29 is 17.9 Å². The predicted octanol–water partition coefficient (Wildman–Crippen LogP) is 2.25. The van der Waals surface area contributed by atoms with E-state index in [1.807, 2.05) is 6.07 Å². The van der Waals surface area contributed by atoms with Crippen LogP contribution in [0.15, 0.2) is 18.2 Å². The predicted molar refractivity (Wildman–Crippen MR) is 72.4 cm³/mol. The van der Waals surface area contributed by atoms with E-state index in [9.17, 15) is 8.42 Å². The van der Waals surface area contributed by atoms with Gasteiger partial charge >= 0.3 is 0 Å². The summed E-state index contributed by atoms with van der Waals surface area (Å²) in [7, 11) is -1.48. The van der Waals surface area contributed by atoms with Crippen LogP contribution in [0, 0.1) is 0 Å². The van der Waals surface area contributed by atoms with Crippen LogP contribution in [0.4, 0.5) is 0 Å². The number of ether oxygens (including phenoxy) is 2. The second-order valence-corrected chi connectivity index (χ2v) is 6.44. The maximum Gasteiger partial charge on any atom is 0.161 e. The standard InChI is InChI=1S/C12H17ClO4S/c1-3-18(14,15)7-6-17-11-5-4-10(9-13)8-12(11)16-2/h4-5,8H,3,6-7,9H2,1-2H3. The Hall–Kier alpha value is -0.940. The third-order valence-electron chi connectivity index (χ3n) is 2.47. The highest BCUT2D eigenvalue weighted by molar-refractivity contribution is 7.91. The van der Waals surface area contributed by atoms with Crippen LogP contribution in [0.5, 0.6) is 11.5 Å². The zero-order valence-electron chi connectivity index (χ0n) is 10.5. The molecule has 0 heterocycles. The average Bonchev–Trinajstić information content (AvgIpc) is 2.38. The molecule has 6 heteroatoms. The molecule has 0 N–H and O–H groups in total. The van der Waals surface area contributed by atoms with E-state index >= 15 is 0 Å². The smallest absolute Gasteiger partial charge is 0.161 e. The first kappa shape index (κ1) is 15.1. The van der Waals surface area contributed by atoms with Gasteiger partial charge in [-0.15, -0.1) is 11.6 Å². The lowest BCUT2D eigenvalue weighted by molar-refractivity contribution is 0.311. The van der Waals surface area contributed by atoms with Crippen LogP contribution in [0.2, 0.25) is 0 Å². The summed E-state index contributed by atoms with van der Waals surface area (Å²) in [6, 6.07) is 5.32. The van der Waals surface area contributed by atoms with Gasteiger partial charge in [0.1, 0.15) is 6.61 Å². The second kappa shape index (κ2) is 6.85. The number of methoxy groups -OCH3 is 1. The van der Waals surface area contributed by atoms with Crippen molar-refractivity contribution in [2.24, 2.45) is 0 Å². The molecule has 0 bridgehead atoms. The van der Waals surface area contributed by atoms with E-state index in [1.165, 1.54) is 7.11 Å². The molecule has 0 aliphatic rings. The molecule has 4 nitrogen and oxygen atoms in total. The molecule has 0 aliphatic carbocycles. The fourth-order valence-corrected chi connectivity index (χ4v) is 2.13. The number of hydrogen-bond donors (Lipinski definition) is 0. The first-order chi connectivity index (χ1) is 8.52. The van der Waals surface area contributed by atoms with Crippen molar-refractivity contribution in [2.75, 3.05) is 25.2 Å². The molecule has 0 radical (unpaired) electrons. The molecule has 0 spiro atoms. The summed E-state index contributed by atoms with van der Waals surface area (Å²) < 4.78 is 33.2. The Bertz CT molecular complexity index is 485. The van der Waals surface area contributed by atoms with E-state index < -0.39 is 9.84 Å². The van der Waals surface area contributed by atoms with Crippen molar-refractivity contribution in [1.29, 1.82) is 0 Å². The first-order valence-electron chi connectivity index (χ1n) is 5.58. The fraction of sp³-hybridized carbons (Fsp3) is 0.500. The van der Waals surface area contributed by atoms with E-state index in [0.29, 0.717) is 17.4 Å². The van der Waals surface area contributed by atoms with Gasteiger partial charge < -0.3 is 9.47 Å². The number of alkyl halides is 1. The van der Waals surface area contributed by atoms with E-state index in [1.54, 1.807) is 19.1 Å². The van der Waals surface area contributed by atoms with Crippen LogP contribution in [0.25, 0.3) is 0 Å². The number of sulfone groups is 1. The van der Waals surface area contributed by atoms with E-state index in [2.05, 4.69) is 0 Å². The minimum Gasteiger partial charge on any atom is -0.493 e. The van der Waals surface area contributed by atoms with E-state index in [0.717, 1.165) is 5.56 Å². The summed E-state index contributed by atoms with van der Waals surface area (Å²) in [6.45, 7) is 1.73. The molecule has 0 unspecified atom stereocenters. The van der Waals surface area contributed by atoms with Gasteiger partial charge in [0.05, 0.1) is 12.9 Å². The molecule has 1 rings (SSSR count). The molecule has 0 amide bonds. The van der Waals surface area contributed by atoms with Crippen molar-refractivity contribution in [1.82, 2.24) is 0 Å². The number of rotatable bonds is 7. The lowest BCUT2D eigenvalue weighted by Gasteiger charge is -2.11. The van der Waals surface area contributed by atoms with Gasteiger partial charge in [0.25, 0.3) is 0 Å². The zero-order chi connectivity index (χ0) is 13.6. The molecule has 18 heavy (non-hydrogen) atoms. The summed E-state index contributed by atoms with van der Waals surface area (Å²) >= 11 is 5.72. The monoisotopic (exact) mass is 292 g/mol. The minimum atomic E-state index is -3.01. The van der Waals surface area contributed by atoms with Crippen LogP contribution in [-0.2, 0) is 15.7 Å². The minimum absolute atomic E-state index is 0.00388. The van der Waals surface area contributed by atoms with Crippen LogP contribution < -0.4 is 9.47 Å². The summed E-state index contributed by atoms with van der Waals surface area (Å²) in [5, 5.41) is 0. The zero-order valence-corrected chi connectivity index (χ0v) is 12.1. The highest BCUT2D eigenvalue weighted by Crippen LogP contribution is 2.28. The van der Waals surface area contributed by atoms with Crippen LogP contribution in [-0.4, -0.2) is 33.6 Å². The molecule has 0 atom stereocenters. The summed E-state index contributed by atoms with van der Waals surface area (Å²) in [5.74, 6) is 1.60. The molecule has 0 aliphatic heterocycles. The maximum atomic E-state index is 11.3. The van der Waals surface area contributed by atoms with Gasteiger partial charge in [-0.3, -0.25) is 0 Å². The maximum absolute atomic E-state index is 11.3. The van der Waals surface area contributed by atoms with Gasteiger partial charge in [-0.2, -0.15) is 0 Å². The molecular weight excluding hydrogens is 276 g/mol. The Balaban J connectivity index is 2.67. The molecule has 0 saturated heterocycles. The molecular formula is C12H17ClO4S. The lowest BCUT2D eigenvalue weighted by Crippen LogP contribution is -2.15. The molecule has 0 fully saturated rings. The van der Waals surface area contributed by atoms with Gasteiger partial charge in [-0.05, 0) is 17.7 Å². The third kappa shape index (κ3) is 4.38. The van der Waals surface area contributed by atoms with Gasteiger partial charge in [0, 0.05) is 11.6 Å². The van der Waals surface area contributed by atoms with Crippen molar-refractivity contribution >= 4 is 21.4 Å². The van der Waals surface area contributed by atoms with Gasteiger partial charge in [-0.1, -0.05) is 13.0 Å². The second-order valence-electron chi connectivity index (χ2n) is 3.70. The van der Waals surface area contributed by atoms with Crippen molar-refractivity contribution in [2.45, 2.75) is 12.8 Å². The Kier molecular flexibility index (Phi) is 5.75. The summed E-state index contributed by atoms with van der Waals surface area (Å²) in [4.78, 5) is 0. The van der Waals surface area contributed by atoms with Crippen LogP contribution in [0.3, 0.4) is 0 Å². The van der Waals surface area contributed by atoms with Crippen molar-refractivity contribution in [3.63, 3.8) is 0 Å². The molecule has 0 saturated carbocycles. The van der Waals surface area contributed by atoms with Gasteiger partial charge in [-0.25, -0.2) is 8.42 Å². The number of hydrogen-bond acceptors (Lipinski definition) is 4. The van der Waals surface area contributed by atoms with Gasteiger partial charge in [0.15, 0.2) is 21.3 Å². The van der Waals surface area contributed by atoms with E-state index in [4.69, 9.17) is 21.1 Å². The first-order valence-corrected chi connectivity index (χ1v) is 7.94. The molecule has 102 valence electrons. The van der Waals surface area contributed by atoms with Crippen LogP contribution in [0.1, 0.15) is 12.5 Å². The lowest BCUT2D eigenvalue weighted by atomic mass is 10.2. The number of benzene rings is 1. The molecule has 1 aromatic rings. The third-order valence-corrected chi connectivity index (χ3v) is 4.45. The SMILES string of the molecule is CCS(=O)(=O)CCOc1ccc(CCl)cc1OC. The van der Waals surface area contributed by atoms with Crippen LogP contribution >= 0.6 is 11.6 Å². The fourth-order valence-electron chi connectivity index (χ4n) is 1.34. The normalized spacial score (nSPS) is 11.3.